The van der Waals surface area contributed by atoms with E-state index in [9.17, 15) is 9.50 Å². The molecule has 0 bridgehead atoms. The van der Waals surface area contributed by atoms with Crippen molar-refractivity contribution < 1.29 is 9.50 Å². The monoisotopic (exact) mass is 344 g/mol. The Morgan fingerprint density at radius 1 is 0.952 bits per heavy atom. The van der Waals surface area contributed by atoms with Crippen LogP contribution >= 0.6 is 15.9 Å². The number of hydrogen-bond acceptors (Lipinski definition) is 1. The molecule has 1 atom stereocenters. The van der Waals surface area contributed by atoms with Gasteiger partial charge in [-0.2, -0.15) is 0 Å². The lowest BCUT2D eigenvalue weighted by molar-refractivity contribution is 0.178. The summed E-state index contributed by atoms with van der Waals surface area (Å²) in [6.45, 7) is 0. The Morgan fingerprint density at radius 2 is 1.71 bits per heavy atom. The molecule has 0 radical (unpaired) electrons. The van der Waals surface area contributed by atoms with Crippen molar-refractivity contribution in [1.29, 1.82) is 0 Å². The molecule has 0 fully saturated rings. The number of aliphatic hydroxyl groups excluding tert-OH is 1. The van der Waals surface area contributed by atoms with Crippen molar-refractivity contribution in [1.82, 2.24) is 0 Å². The van der Waals surface area contributed by atoms with Crippen molar-refractivity contribution in [2.24, 2.45) is 0 Å². The van der Waals surface area contributed by atoms with Crippen LogP contribution in [0.5, 0.6) is 0 Å². The van der Waals surface area contributed by atoms with Crippen molar-refractivity contribution in [3.63, 3.8) is 0 Å². The molecule has 0 amide bonds. The Morgan fingerprint density at radius 3 is 2.48 bits per heavy atom. The molecule has 3 rings (SSSR count). The zero-order chi connectivity index (χ0) is 14.8. The van der Waals surface area contributed by atoms with E-state index in [1.54, 1.807) is 12.1 Å². The molecule has 3 aromatic rings. The van der Waals surface area contributed by atoms with Crippen LogP contribution in [0.3, 0.4) is 0 Å². The highest BCUT2D eigenvalue weighted by molar-refractivity contribution is 9.10. The van der Waals surface area contributed by atoms with Crippen LogP contribution in [0.1, 0.15) is 17.2 Å². The molecule has 0 saturated heterocycles. The Balaban J connectivity index is 1.85. The topological polar surface area (TPSA) is 20.2 Å². The van der Waals surface area contributed by atoms with Gasteiger partial charge in [0.2, 0.25) is 0 Å². The van der Waals surface area contributed by atoms with E-state index in [4.69, 9.17) is 0 Å². The van der Waals surface area contributed by atoms with Crippen LogP contribution in [0.15, 0.2) is 65.1 Å². The van der Waals surface area contributed by atoms with Crippen LogP contribution in [0, 0.1) is 5.82 Å². The summed E-state index contributed by atoms with van der Waals surface area (Å²) in [6, 6.07) is 18.8. The Kier molecular flexibility index (Phi) is 4.04. The third kappa shape index (κ3) is 3.14. The first-order chi connectivity index (χ1) is 10.1. The van der Waals surface area contributed by atoms with Gasteiger partial charge in [-0.25, -0.2) is 4.39 Å². The first-order valence-corrected chi connectivity index (χ1v) is 7.53. The SMILES string of the molecule is OC(Cc1ccc(F)c(Br)c1)c1ccc2ccccc2c1. The van der Waals surface area contributed by atoms with Crippen molar-refractivity contribution >= 4 is 26.7 Å². The van der Waals surface area contributed by atoms with Gasteiger partial charge < -0.3 is 5.11 Å². The highest BCUT2D eigenvalue weighted by Gasteiger charge is 2.10. The molecule has 3 aromatic carbocycles. The largest absolute Gasteiger partial charge is 0.388 e. The van der Waals surface area contributed by atoms with Gasteiger partial charge in [-0.15, -0.1) is 0 Å². The molecule has 0 aromatic heterocycles. The molecule has 0 spiro atoms. The van der Waals surface area contributed by atoms with Crippen molar-refractivity contribution in [2.45, 2.75) is 12.5 Å². The van der Waals surface area contributed by atoms with E-state index in [-0.39, 0.29) is 5.82 Å². The molecule has 0 aliphatic heterocycles. The maximum absolute atomic E-state index is 13.2. The predicted molar refractivity (Wildman–Crippen MR) is 86.7 cm³/mol. The first-order valence-electron chi connectivity index (χ1n) is 6.74. The molecule has 1 unspecified atom stereocenters. The standard InChI is InChI=1S/C18H14BrFO/c19-16-9-12(5-8-17(16)20)10-18(21)15-7-6-13-3-1-2-4-14(13)11-15/h1-9,11,18,21H,10H2. The van der Waals surface area contributed by atoms with Gasteiger partial charge in [0.1, 0.15) is 5.82 Å². The average Bonchev–Trinajstić information content (AvgIpc) is 2.50. The minimum atomic E-state index is -0.605. The summed E-state index contributed by atoms with van der Waals surface area (Å²) in [5.41, 5.74) is 1.76. The molecule has 106 valence electrons. The molecule has 21 heavy (non-hydrogen) atoms. The van der Waals surface area contributed by atoms with Crippen molar-refractivity contribution in [2.75, 3.05) is 0 Å². The zero-order valence-corrected chi connectivity index (χ0v) is 12.8. The fourth-order valence-electron chi connectivity index (χ4n) is 2.42. The molecule has 0 aliphatic carbocycles. The van der Waals surface area contributed by atoms with Crippen LogP contribution in [0.4, 0.5) is 4.39 Å². The summed E-state index contributed by atoms with van der Waals surface area (Å²) in [4.78, 5) is 0. The lowest BCUT2D eigenvalue weighted by Gasteiger charge is -2.12. The average molecular weight is 345 g/mol. The second kappa shape index (κ2) is 5.96. The van der Waals surface area contributed by atoms with Gasteiger partial charge >= 0.3 is 0 Å². The van der Waals surface area contributed by atoms with Crippen LogP contribution in [0.25, 0.3) is 10.8 Å². The fourth-order valence-corrected chi connectivity index (χ4v) is 2.85. The molecule has 3 heteroatoms. The quantitative estimate of drug-likeness (QED) is 0.707. The van der Waals surface area contributed by atoms with Crippen LogP contribution in [-0.4, -0.2) is 5.11 Å². The van der Waals surface area contributed by atoms with E-state index in [0.717, 1.165) is 21.9 Å². The minimum absolute atomic E-state index is 0.293. The van der Waals surface area contributed by atoms with Gasteiger partial charge in [0.15, 0.2) is 0 Å². The van der Waals surface area contributed by atoms with Crippen LogP contribution in [0.2, 0.25) is 0 Å². The van der Waals surface area contributed by atoms with E-state index in [1.165, 1.54) is 6.07 Å². The van der Waals surface area contributed by atoms with Gasteiger partial charge in [-0.3, -0.25) is 0 Å². The first kappa shape index (κ1) is 14.2. The number of halogens is 2. The number of aliphatic hydroxyl groups is 1. The maximum Gasteiger partial charge on any atom is 0.137 e. The van der Waals surface area contributed by atoms with E-state index in [2.05, 4.69) is 15.9 Å². The van der Waals surface area contributed by atoms with Gasteiger partial charge in [-0.1, -0.05) is 42.5 Å². The van der Waals surface area contributed by atoms with E-state index < -0.39 is 6.10 Å². The van der Waals surface area contributed by atoms with Crippen molar-refractivity contribution in [3.05, 3.63) is 82.1 Å². The number of benzene rings is 3. The van der Waals surface area contributed by atoms with Gasteiger partial charge in [-0.05, 0) is 56.0 Å². The van der Waals surface area contributed by atoms with E-state index in [1.807, 2.05) is 42.5 Å². The summed E-state index contributed by atoms with van der Waals surface area (Å²) in [5.74, 6) is -0.293. The Labute approximate surface area is 131 Å². The lowest BCUT2D eigenvalue weighted by atomic mass is 9.99. The molecule has 0 saturated carbocycles. The van der Waals surface area contributed by atoms with E-state index in [0.29, 0.717) is 10.9 Å². The second-order valence-corrected chi connectivity index (χ2v) is 5.93. The van der Waals surface area contributed by atoms with Crippen LogP contribution in [-0.2, 0) is 6.42 Å². The number of hydrogen-bond donors (Lipinski definition) is 1. The normalized spacial score (nSPS) is 12.5. The summed E-state index contributed by atoms with van der Waals surface area (Å²) in [6.07, 6.45) is -0.149. The zero-order valence-electron chi connectivity index (χ0n) is 11.3. The third-order valence-electron chi connectivity index (χ3n) is 3.57. The Hall–Kier alpha value is -1.71. The summed E-state index contributed by atoms with van der Waals surface area (Å²) < 4.78 is 13.6. The highest BCUT2D eigenvalue weighted by Crippen LogP contribution is 2.25. The van der Waals surface area contributed by atoms with Gasteiger partial charge in [0.25, 0.3) is 0 Å². The lowest BCUT2D eigenvalue weighted by Crippen LogP contribution is -2.02. The maximum atomic E-state index is 13.2. The smallest absolute Gasteiger partial charge is 0.137 e. The third-order valence-corrected chi connectivity index (χ3v) is 4.18. The number of fused-ring (bicyclic) bond motifs is 1. The molecular weight excluding hydrogens is 331 g/mol. The van der Waals surface area contributed by atoms with Gasteiger partial charge in [0.05, 0.1) is 10.6 Å². The molecule has 0 aliphatic rings. The highest BCUT2D eigenvalue weighted by atomic mass is 79.9. The second-order valence-electron chi connectivity index (χ2n) is 5.07. The Bertz CT molecular complexity index is 785. The molecule has 0 heterocycles. The fraction of sp³-hybridized carbons (Fsp3) is 0.111. The molecule has 1 N–H and O–H groups in total. The van der Waals surface area contributed by atoms with Crippen LogP contribution < -0.4 is 0 Å². The summed E-state index contributed by atoms with van der Waals surface area (Å²) >= 11 is 3.17. The summed E-state index contributed by atoms with van der Waals surface area (Å²) in [7, 11) is 0. The van der Waals surface area contributed by atoms with E-state index >= 15 is 0 Å². The molecular formula is C18H14BrFO. The summed E-state index contributed by atoms with van der Waals surface area (Å²) in [5, 5.41) is 12.6. The predicted octanol–water partition coefficient (Wildman–Crippen LogP) is 5.02. The molecule has 1 nitrogen and oxygen atoms in total. The number of rotatable bonds is 3. The van der Waals surface area contributed by atoms with Crippen molar-refractivity contribution in [3.8, 4) is 0 Å². The van der Waals surface area contributed by atoms with Gasteiger partial charge in [0, 0.05) is 6.42 Å². The minimum Gasteiger partial charge on any atom is -0.388 e.